The molecule has 84 valence electrons. The highest BCUT2D eigenvalue weighted by Gasteiger charge is 2.17. The SMILES string of the molecule is O=S(=O)(CCCCl)NN1CCOCC1. The third kappa shape index (κ3) is 4.56. The van der Waals surface area contributed by atoms with Crippen molar-refractivity contribution in [2.75, 3.05) is 37.9 Å². The van der Waals surface area contributed by atoms with Crippen molar-refractivity contribution in [3.05, 3.63) is 0 Å². The Morgan fingerprint density at radius 1 is 1.36 bits per heavy atom. The summed E-state index contributed by atoms with van der Waals surface area (Å²) >= 11 is 5.42. The number of morpholine rings is 1. The van der Waals surface area contributed by atoms with Gasteiger partial charge in [0, 0.05) is 19.0 Å². The summed E-state index contributed by atoms with van der Waals surface area (Å²) in [5.74, 6) is 0.442. The van der Waals surface area contributed by atoms with Gasteiger partial charge in [0.2, 0.25) is 10.0 Å². The lowest BCUT2D eigenvalue weighted by Crippen LogP contribution is -2.48. The molecule has 1 heterocycles. The summed E-state index contributed by atoms with van der Waals surface area (Å²) < 4.78 is 27.9. The molecule has 1 rings (SSSR count). The van der Waals surface area contributed by atoms with Gasteiger partial charge in [0.25, 0.3) is 0 Å². The van der Waals surface area contributed by atoms with Crippen LogP contribution in [0.2, 0.25) is 0 Å². The van der Waals surface area contributed by atoms with Crippen LogP contribution in [0.1, 0.15) is 6.42 Å². The first kappa shape index (κ1) is 12.2. The molecule has 0 radical (unpaired) electrons. The van der Waals surface area contributed by atoms with Crippen molar-refractivity contribution >= 4 is 21.6 Å². The average Bonchev–Trinajstić information content (AvgIpc) is 2.16. The van der Waals surface area contributed by atoms with Crippen LogP contribution in [0.4, 0.5) is 0 Å². The Morgan fingerprint density at radius 3 is 2.57 bits per heavy atom. The zero-order valence-corrected chi connectivity index (χ0v) is 9.48. The van der Waals surface area contributed by atoms with Gasteiger partial charge in [-0.1, -0.05) is 0 Å². The van der Waals surface area contributed by atoms with Crippen molar-refractivity contribution in [1.82, 2.24) is 9.84 Å². The molecule has 5 nitrogen and oxygen atoms in total. The summed E-state index contributed by atoms with van der Waals surface area (Å²) in [5.41, 5.74) is 0. The molecule has 0 atom stereocenters. The summed E-state index contributed by atoms with van der Waals surface area (Å²) in [4.78, 5) is 2.50. The zero-order chi connectivity index (χ0) is 10.4. The topological polar surface area (TPSA) is 58.6 Å². The minimum atomic E-state index is -3.21. The minimum Gasteiger partial charge on any atom is -0.379 e. The Morgan fingerprint density at radius 2 is 2.00 bits per heavy atom. The van der Waals surface area contributed by atoms with Crippen molar-refractivity contribution in [3.8, 4) is 0 Å². The fourth-order valence-electron chi connectivity index (χ4n) is 1.14. The standard InChI is InChI=1S/C7H15ClN2O3S/c8-2-1-7-14(11,12)9-10-3-5-13-6-4-10/h9H,1-7H2. The summed E-state index contributed by atoms with van der Waals surface area (Å²) in [6.07, 6.45) is 0.473. The Labute approximate surface area is 89.4 Å². The molecule has 1 fully saturated rings. The van der Waals surface area contributed by atoms with E-state index in [0.29, 0.717) is 38.6 Å². The van der Waals surface area contributed by atoms with E-state index in [9.17, 15) is 8.42 Å². The van der Waals surface area contributed by atoms with E-state index in [-0.39, 0.29) is 5.75 Å². The van der Waals surface area contributed by atoms with E-state index in [1.807, 2.05) is 0 Å². The molecule has 0 aliphatic carbocycles. The van der Waals surface area contributed by atoms with Gasteiger partial charge in [-0.15, -0.1) is 16.4 Å². The second-order valence-electron chi connectivity index (χ2n) is 3.05. The molecule has 0 aromatic carbocycles. The second kappa shape index (κ2) is 5.87. The van der Waals surface area contributed by atoms with Crippen LogP contribution in [0.5, 0.6) is 0 Å². The second-order valence-corrected chi connectivity index (χ2v) is 5.25. The van der Waals surface area contributed by atoms with Gasteiger partial charge in [-0.2, -0.15) is 0 Å². The fourth-order valence-corrected chi connectivity index (χ4v) is 2.63. The van der Waals surface area contributed by atoms with Crippen LogP contribution in [-0.2, 0) is 14.8 Å². The van der Waals surface area contributed by atoms with E-state index < -0.39 is 10.0 Å². The number of hydrazine groups is 1. The predicted octanol–water partition coefficient (Wildman–Crippen LogP) is -0.218. The first-order valence-corrected chi connectivity index (χ1v) is 6.71. The van der Waals surface area contributed by atoms with Gasteiger partial charge in [0.15, 0.2) is 0 Å². The van der Waals surface area contributed by atoms with Crippen molar-refractivity contribution in [1.29, 1.82) is 0 Å². The lowest BCUT2D eigenvalue weighted by molar-refractivity contribution is 0.0272. The van der Waals surface area contributed by atoms with Crippen LogP contribution < -0.4 is 4.83 Å². The molecule has 0 amide bonds. The predicted molar refractivity (Wildman–Crippen MR) is 54.7 cm³/mol. The number of rotatable bonds is 5. The first-order valence-electron chi connectivity index (χ1n) is 4.53. The molecule has 1 N–H and O–H groups in total. The van der Waals surface area contributed by atoms with Gasteiger partial charge >= 0.3 is 0 Å². The number of nitrogens with zero attached hydrogens (tertiary/aromatic N) is 1. The molecule has 0 aromatic heterocycles. The van der Waals surface area contributed by atoms with Crippen LogP contribution in [0, 0.1) is 0 Å². The Hall–Kier alpha value is 0.120. The third-order valence-corrected chi connectivity index (χ3v) is 3.46. The van der Waals surface area contributed by atoms with E-state index in [2.05, 4.69) is 4.83 Å². The van der Waals surface area contributed by atoms with Crippen LogP contribution in [-0.4, -0.2) is 51.4 Å². The van der Waals surface area contributed by atoms with E-state index in [1.54, 1.807) is 5.01 Å². The number of sulfonamides is 1. The molecule has 7 heteroatoms. The molecule has 0 unspecified atom stereocenters. The molecule has 1 aliphatic rings. The summed E-state index contributed by atoms with van der Waals surface area (Å²) in [5, 5.41) is 1.66. The normalized spacial score (nSPS) is 19.8. The van der Waals surface area contributed by atoms with E-state index >= 15 is 0 Å². The number of hydrogen-bond donors (Lipinski definition) is 1. The quantitative estimate of drug-likeness (QED) is 0.678. The minimum absolute atomic E-state index is 0.0772. The number of alkyl halides is 1. The molecular formula is C7H15ClN2O3S. The maximum absolute atomic E-state index is 11.4. The zero-order valence-electron chi connectivity index (χ0n) is 7.91. The first-order chi connectivity index (χ1) is 6.64. The smallest absolute Gasteiger partial charge is 0.224 e. The summed E-state index contributed by atoms with van der Waals surface area (Å²) in [6.45, 7) is 2.33. The Kier molecular flexibility index (Phi) is 5.11. The number of nitrogens with one attached hydrogen (secondary N) is 1. The van der Waals surface area contributed by atoms with Crippen LogP contribution in [0.15, 0.2) is 0 Å². The average molecular weight is 243 g/mol. The molecule has 1 saturated heterocycles. The van der Waals surface area contributed by atoms with Crippen molar-refractivity contribution in [2.45, 2.75) is 6.42 Å². The third-order valence-electron chi connectivity index (χ3n) is 1.83. The number of ether oxygens (including phenoxy) is 1. The maximum Gasteiger partial charge on any atom is 0.224 e. The summed E-state index contributed by atoms with van der Waals surface area (Å²) in [7, 11) is -3.21. The maximum atomic E-state index is 11.4. The van der Waals surface area contributed by atoms with Crippen LogP contribution in [0.3, 0.4) is 0 Å². The van der Waals surface area contributed by atoms with Crippen molar-refractivity contribution < 1.29 is 13.2 Å². The number of hydrogen-bond acceptors (Lipinski definition) is 4. The van der Waals surface area contributed by atoms with Gasteiger partial charge < -0.3 is 4.74 Å². The summed E-state index contributed by atoms with van der Waals surface area (Å²) in [6, 6.07) is 0. The molecule has 14 heavy (non-hydrogen) atoms. The highest BCUT2D eigenvalue weighted by molar-refractivity contribution is 7.89. The lowest BCUT2D eigenvalue weighted by Gasteiger charge is -2.26. The lowest BCUT2D eigenvalue weighted by atomic mass is 10.5. The molecule has 1 aliphatic heterocycles. The monoisotopic (exact) mass is 242 g/mol. The largest absolute Gasteiger partial charge is 0.379 e. The Balaban J connectivity index is 2.33. The van der Waals surface area contributed by atoms with E-state index in [4.69, 9.17) is 16.3 Å². The van der Waals surface area contributed by atoms with Crippen LogP contribution in [0.25, 0.3) is 0 Å². The highest BCUT2D eigenvalue weighted by atomic mass is 35.5. The van der Waals surface area contributed by atoms with Gasteiger partial charge in [-0.25, -0.2) is 13.4 Å². The molecule has 0 aromatic rings. The molecule has 0 bridgehead atoms. The van der Waals surface area contributed by atoms with E-state index in [1.165, 1.54) is 0 Å². The fraction of sp³-hybridized carbons (Fsp3) is 1.00. The van der Waals surface area contributed by atoms with Gasteiger partial charge in [-0.05, 0) is 6.42 Å². The molecule has 0 saturated carbocycles. The van der Waals surface area contributed by atoms with Gasteiger partial charge in [-0.3, -0.25) is 0 Å². The van der Waals surface area contributed by atoms with Crippen molar-refractivity contribution in [2.24, 2.45) is 0 Å². The van der Waals surface area contributed by atoms with Gasteiger partial charge in [0.05, 0.1) is 19.0 Å². The van der Waals surface area contributed by atoms with Crippen molar-refractivity contribution in [3.63, 3.8) is 0 Å². The van der Waals surface area contributed by atoms with Gasteiger partial charge in [0.1, 0.15) is 0 Å². The highest BCUT2D eigenvalue weighted by Crippen LogP contribution is 1.97. The molecule has 0 spiro atoms. The molecular weight excluding hydrogens is 228 g/mol. The number of halogens is 1. The Bertz CT molecular complexity index is 252. The van der Waals surface area contributed by atoms with Crippen LogP contribution >= 0.6 is 11.6 Å². The van der Waals surface area contributed by atoms with E-state index in [0.717, 1.165) is 0 Å².